The lowest BCUT2D eigenvalue weighted by atomic mass is 9.87. The van der Waals surface area contributed by atoms with Crippen LogP contribution < -0.4 is 10.6 Å². The fourth-order valence-electron chi connectivity index (χ4n) is 3.37. The number of benzene rings is 2. The van der Waals surface area contributed by atoms with E-state index in [4.69, 9.17) is 0 Å². The molecule has 3 aromatic rings. The molecule has 0 radical (unpaired) electrons. The maximum atomic E-state index is 13.1. The summed E-state index contributed by atoms with van der Waals surface area (Å²) < 4.78 is 8.29. The van der Waals surface area contributed by atoms with Gasteiger partial charge in [0.2, 0.25) is 5.91 Å². The van der Waals surface area contributed by atoms with Gasteiger partial charge in [0.1, 0.15) is 23.1 Å². The largest absolute Gasteiger partial charge is 0.325 e. The first kappa shape index (κ1) is 18.1. The standard InChI is InChI=1S/C19H17N5O3S/c1-2-19(12-7-4-3-5-8-12)17(26)24(18(27)21-19)11-15(25)20-13-9-6-10-14-16(13)23-28-22-14/h3-10H,2,11H2,1H3,(H,20,25)(H,21,27). The molecule has 1 atom stereocenters. The SMILES string of the molecule is CCC1(c2ccccc2)NC(=O)N(CC(=O)Nc2cccc3nsnc23)C1=O. The average molecular weight is 395 g/mol. The number of hydrogen-bond acceptors (Lipinski definition) is 6. The van der Waals surface area contributed by atoms with Gasteiger partial charge in [-0.2, -0.15) is 8.75 Å². The molecule has 1 aromatic heterocycles. The summed E-state index contributed by atoms with van der Waals surface area (Å²) in [6, 6.07) is 13.7. The van der Waals surface area contributed by atoms with E-state index in [1.165, 1.54) is 0 Å². The molecule has 4 amide bonds. The van der Waals surface area contributed by atoms with E-state index in [1.54, 1.807) is 30.3 Å². The first-order valence-electron chi connectivity index (χ1n) is 8.76. The van der Waals surface area contributed by atoms with Gasteiger partial charge in [0.15, 0.2) is 0 Å². The van der Waals surface area contributed by atoms with Gasteiger partial charge in [0.05, 0.1) is 17.4 Å². The highest BCUT2D eigenvalue weighted by Crippen LogP contribution is 2.32. The number of fused-ring (bicyclic) bond motifs is 1. The number of urea groups is 1. The summed E-state index contributed by atoms with van der Waals surface area (Å²) in [5.74, 6) is -0.918. The van der Waals surface area contributed by atoms with Crippen LogP contribution in [0, 0.1) is 0 Å². The zero-order chi connectivity index (χ0) is 19.7. The van der Waals surface area contributed by atoms with Gasteiger partial charge in [-0.25, -0.2) is 4.79 Å². The number of nitrogens with zero attached hydrogens (tertiary/aromatic N) is 3. The highest BCUT2D eigenvalue weighted by atomic mass is 32.1. The summed E-state index contributed by atoms with van der Waals surface area (Å²) in [5, 5.41) is 5.48. The third-order valence-electron chi connectivity index (χ3n) is 4.83. The van der Waals surface area contributed by atoms with Crippen LogP contribution in [0.4, 0.5) is 10.5 Å². The number of carbonyl (C=O) groups is 3. The first-order valence-corrected chi connectivity index (χ1v) is 9.49. The Morgan fingerprint density at radius 3 is 2.68 bits per heavy atom. The Morgan fingerprint density at radius 1 is 1.14 bits per heavy atom. The van der Waals surface area contributed by atoms with Crippen molar-refractivity contribution in [1.29, 1.82) is 0 Å². The van der Waals surface area contributed by atoms with Gasteiger partial charge in [-0.15, -0.1) is 0 Å². The quantitative estimate of drug-likeness (QED) is 0.646. The molecule has 2 heterocycles. The molecule has 0 bridgehead atoms. The number of carbonyl (C=O) groups excluding carboxylic acids is 3. The molecule has 8 nitrogen and oxygen atoms in total. The number of imide groups is 1. The molecule has 4 rings (SSSR count). The molecule has 142 valence electrons. The third-order valence-corrected chi connectivity index (χ3v) is 5.38. The number of nitrogens with one attached hydrogen (secondary N) is 2. The molecule has 0 aliphatic carbocycles. The van der Waals surface area contributed by atoms with Gasteiger partial charge in [-0.1, -0.05) is 43.3 Å². The van der Waals surface area contributed by atoms with E-state index in [0.717, 1.165) is 16.6 Å². The molecule has 0 saturated carbocycles. The normalized spacial score (nSPS) is 19.1. The van der Waals surface area contributed by atoms with Gasteiger partial charge in [-0.05, 0) is 24.1 Å². The van der Waals surface area contributed by atoms with Crippen molar-refractivity contribution in [3.05, 3.63) is 54.1 Å². The molecule has 1 aliphatic heterocycles. The monoisotopic (exact) mass is 395 g/mol. The number of anilines is 1. The number of rotatable bonds is 5. The highest BCUT2D eigenvalue weighted by molar-refractivity contribution is 7.00. The van der Waals surface area contributed by atoms with Gasteiger partial charge in [-0.3, -0.25) is 14.5 Å². The van der Waals surface area contributed by atoms with Crippen molar-refractivity contribution in [1.82, 2.24) is 19.0 Å². The molecule has 1 unspecified atom stereocenters. The fraction of sp³-hybridized carbons (Fsp3) is 0.211. The second-order valence-electron chi connectivity index (χ2n) is 6.43. The lowest BCUT2D eigenvalue weighted by molar-refractivity contribution is -0.134. The zero-order valence-electron chi connectivity index (χ0n) is 15.0. The van der Waals surface area contributed by atoms with Gasteiger partial charge in [0.25, 0.3) is 5.91 Å². The van der Waals surface area contributed by atoms with Crippen LogP contribution in [0.15, 0.2) is 48.5 Å². The van der Waals surface area contributed by atoms with Crippen LogP contribution in [-0.4, -0.2) is 38.0 Å². The summed E-state index contributed by atoms with van der Waals surface area (Å²) in [4.78, 5) is 39.0. The maximum Gasteiger partial charge on any atom is 0.325 e. The molecule has 9 heteroatoms. The Labute approximate surface area is 164 Å². The van der Waals surface area contributed by atoms with E-state index in [0.29, 0.717) is 28.7 Å². The minimum Gasteiger partial charge on any atom is -0.323 e. The predicted molar refractivity (Wildman–Crippen MR) is 105 cm³/mol. The summed E-state index contributed by atoms with van der Waals surface area (Å²) >= 11 is 1.05. The summed E-state index contributed by atoms with van der Waals surface area (Å²) in [7, 11) is 0. The van der Waals surface area contributed by atoms with E-state index in [9.17, 15) is 14.4 Å². The van der Waals surface area contributed by atoms with Crippen LogP contribution in [0.5, 0.6) is 0 Å². The lowest BCUT2D eigenvalue weighted by Crippen LogP contribution is -2.44. The minimum absolute atomic E-state index is 0.378. The van der Waals surface area contributed by atoms with E-state index >= 15 is 0 Å². The third kappa shape index (κ3) is 2.89. The van der Waals surface area contributed by atoms with Crippen LogP contribution >= 0.6 is 11.7 Å². The van der Waals surface area contributed by atoms with Crippen LogP contribution in [0.2, 0.25) is 0 Å². The minimum atomic E-state index is -1.16. The number of amides is 4. The fourth-order valence-corrected chi connectivity index (χ4v) is 3.92. The Morgan fingerprint density at radius 2 is 1.93 bits per heavy atom. The van der Waals surface area contributed by atoms with Crippen LogP contribution in [-0.2, 0) is 15.1 Å². The van der Waals surface area contributed by atoms with Gasteiger partial charge < -0.3 is 10.6 Å². The number of aromatic nitrogens is 2. The number of hydrogen-bond donors (Lipinski definition) is 2. The van der Waals surface area contributed by atoms with Crippen molar-refractivity contribution in [2.45, 2.75) is 18.9 Å². The first-order chi connectivity index (χ1) is 13.5. The summed E-state index contributed by atoms with van der Waals surface area (Å²) in [5.41, 5.74) is 1.28. The van der Waals surface area contributed by atoms with E-state index in [1.807, 2.05) is 25.1 Å². The van der Waals surface area contributed by atoms with Crippen molar-refractivity contribution in [2.75, 3.05) is 11.9 Å². The smallest absolute Gasteiger partial charge is 0.323 e. The Kier molecular flexibility index (Phi) is 4.52. The second-order valence-corrected chi connectivity index (χ2v) is 6.96. The van der Waals surface area contributed by atoms with Crippen molar-refractivity contribution in [3.8, 4) is 0 Å². The van der Waals surface area contributed by atoms with Crippen molar-refractivity contribution < 1.29 is 14.4 Å². The summed E-state index contributed by atoms with van der Waals surface area (Å²) in [6.07, 6.45) is 0.378. The molecule has 1 aliphatic rings. The average Bonchev–Trinajstić information content (AvgIpc) is 3.28. The van der Waals surface area contributed by atoms with Crippen LogP contribution in [0.1, 0.15) is 18.9 Å². The maximum absolute atomic E-state index is 13.1. The van der Waals surface area contributed by atoms with E-state index < -0.39 is 23.4 Å². The van der Waals surface area contributed by atoms with Crippen molar-refractivity contribution in [2.24, 2.45) is 0 Å². The molecule has 0 spiro atoms. The molecular formula is C19H17N5O3S. The molecule has 2 N–H and O–H groups in total. The second kappa shape index (κ2) is 7.01. The molecule has 28 heavy (non-hydrogen) atoms. The predicted octanol–water partition coefficient (Wildman–Crippen LogP) is 2.49. The Hall–Kier alpha value is -3.33. The van der Waals surface area contributed by atoms with Gasteiger partial charge in [0, 0.05) is 0 Å². The van der Waals surface area contributed by atoms with Crippen LogP contribution in [0.3, 0.4) is 0 Å². The summed E-state index contributed by atoms with van der Waals surface area (Å²) in [6.45, 7) is 1.44. The van der Waals surface area contributed by atoms with Crippen LogP contribution in [0.25, 0.3) is 11.0 Å². The Bertz CT molecular complexity index is 1070. The van der Waals surface area contributed by atoms with Crippen molar-refractivity contribution in [3.63, 3.8) is 0 Å². The molecule has 1 fully saturated rings. The molecule has 2 aromatic carbocycles. The van der Waals surface area contributed by atoms with Gasteiger partial charge >= 0.3 is 6.03 Å². The Balaban J connectivity index is 1.55. The topological polar surface area (TPSA) is 104 Å². The molecular weight excluding hydrogens is 378 g/mol. The van der Waals surface area contributed by atoms with E-state index in [-0.39, 0.29) is 6.54 Å². The zero-order valence-corrected chi connectivity index (χ0v) is 15.8. The van der Waals surface area contributed by atoms with E-state index in [2.05, 4.69) is 19.4 Å². The van der Waals surface area contributed by atoms with Crippen molar-refractivity contribution >= 4 is 46.3 Å². The highest BCUT2D eigenvalue weighted by Gasteiger charge is 2.51. The molecule has 1 saturated heterocycles. The lowest BCUT2D eigenvalue weighted by Gasteiger charge is -2.25.